The van der Waals surface area contributed by atoms with Gasteiger partial charge in [0.2, 0.25) is 5.91 Å². The van der Waals surface area contributed by atoms with E-state index in [9.17, 15) is 14.4 Å². The number of carboxylic acid groups (broad SMARTS) is 1. The van der Waals surface area contributed by atoms with Gasteiger partial charge in [-0.1, -0.05) is 30.3 Å². The summed E-state index contributed by atoms with van der Waals surface area (Å²) in [7, 11) is 0. The standard InChI is InChI=1S/C14H17NO4/c1-10(14(18)19)15-13(17)9-5-8-12(16)11-6-3-2-4-7-11/h2-4,6-7,10H,5,8-9H2,1H3,(H,15,17)(H,18,19)/t10-/m0/s1. The SMILES string of the molecule is C[C@H](NC(=O)CCCC(=O)c1ccccc1)C(=O)O. The Hall–Kier alpha value is -2.17. The first-order valence-electron chi connectivity index (χ1n) is 6.11. The molecule has 0 saturated heterocycles. The Morgan fingerprint density at radius 2 is 1.79 bits per heavy atom. The second-order valence-corrected chi connectivity index (χ2v) is 4.27. The minimum atomic E-state index is -1.08. The van der Waals surface area contributed by atoms with Gasteiger partial charge >= 0.3 is 5.97 Å². The first kappa shape index (κ1) is 14.9. The van der Waals surface area contributed by atoms with Crippen molar-refractivity contribution in [3.8, 4) is 0 Å². The van der Waals surface area contributed by atoms with Crippen LogP contribution in [0.3, 0.4) is 0 Å². The van der Waals surface area contributed by atoms with E-state index in [2.05, 4.69) is 5.32 Å². The van der Waals surface area contributed by atoms with Gasteiger partial charge in [0, 0.05) is 18.4 Å². The molecule has 0 spiro atoms. The maximum Gasteiger partial charge on any atom is 0.325 e. The lowest BCUT2D eigenvalue weighted by Crippen LogP contribution is -2.38. The molecule has 2 N–H and O–H groups in total. The van der Waals surface area contributed by atoms with E-state index >= 15 is 0 Å². The van der Waals surface area contributed by atoms with Crippen LogP contribution in [0.25, 0.3) is 0 Å². The average molecular weight is 263 g/mol. The highest BCUT2D eigenvalue weighted by molar-refractivity contribution is 5.96. The third-order valence-corrected chi connectivity index (χ3v) is 2.65. The van der Waals surface area contributed by atoms with Crippen molar-refractivity contribution < 1.29 is 19.5 Å². The molecule has 0 aliphatic carbocycles. The fourth-order valence-electron chi connectivity index (χ4n) is 1.55. The van der Waals surface area contributed by atoms with Crippen LogP contribution in [-0.2, 0) is 9.59 Å². The van der Waals surface area contributed by atoms with Gasteiger partial charge in [0.1, 0.15) is 6.04 Å². The second-order valence-electron chi connectivity index (χ2n) is 4.27. The number of carbonyl (C=O) groups excluding carboxylic acids is 2. The summed E-state index contributed by atoms with van der Waals surface area (Å²) in [5.41, 5.74) is 0.627. The summed E-state index contributed by atoms with van der Waals surface area (Å²) in [4.78, 5) is 33.7. The summed E-state index contributed by atoms with van der Waals surface area (Å²) in [5.74, 6) is -1.44. The summed E-state index contributed by atoms with van der Waals surface area (Å²) in [6.45, 7) is 1.40. The molecule has 5 nitrogen and oxygen atoms in total. The van der Waals surface area contributed by atoms with Gasteiger partial charge < -0.3 is 10.4 Å². The number of carbonyl (C=O) groups is 3. The molecule has 0 aliphatic heterocycles. The first-order chi connectivity index (χ1) is 9.00. The summed E-state index contributed by atoms with van der Waals surface area (Å²) in [5, 5.41) is 11.0. The minimum absolute atomic E-state index is 0.0142. The van der Waals surface area contributed by atoms with Gasteiger partial charge in [0.25, 0.3) is 0 Å². The third-order valence-electron chi connectivity index (χ3n) is 2.65. The van der Waals surface area contributed by atoms with Crippen molar-refractivity contribution in [1.82, 2.24) is 5.32 Å². The molecule has 1 atom stereocenters. The zero-order chi connectivity index (χ0) is 14.3. The number of nitrogens with one attached hydrogen (secondary N) is 1. The van der Waals surface area contributed by atoms with Gasteiger partial charge in [0.15, 0.2) is 5.78 Å². The van der Waals surface area contributed by atoms with Crippen molar-refractivity contribution >= 4 is 17.7 Å². The summed E-state index contributed by atoms with van der Waals surface area (Å²) in [6, 6.07) is 7.96. The van der Waals surface area contributed by atoms with E-state index in [1.807, 2.05) is 6.07 Å². The number of aliphatic carboxylic acids is 1. The molecular weight excluding hydrogens is 246 g/mol. The molecule has 1 amide bonds. The molecule has 0 aliphatic rings. The van der Waals surface area contributed by atoms with Crippen LogP contribution in [0.5, 0.6) is 0 Å². The lowest BCUT2D eigenvalue weighted by molar-refractivity contribution is -0.141. The maximum absolute atomic E-state index is 11.7. The van der Waals surface area contributed by atoms with E-state index in [4.69, 9.17) is 5.11 Å². The number of benzene rings is 1. The van der Waals surface area contributed by atoms with Crippen molar-refractivity contribution in [2.45, 2.75) is 32.2 Å². The highest BCUT2D eigenvalue weighted by atomic mass is 16.4. The molecule has 19 heavy (non-hydrogen) atoms. The van der Waals surface area contributed by atoms with E-state index in [0.29, 0.717) is 12.0 Å². The fourth-order valence-corrected chi connectivity index (χ4v) is 1.55. The first-order valence-corrected chi connectivity index (χ1v) is 6.11. The van der Waals surface area contributed by atoms with Crippen molar-refractivity contribution in [3.63, 3.8) is 0 Å². The van der Waals surface area contributed by atoms with Crippen LogP contribution in [0.15, 0.2) is 30.3 Å². The monoisotopic (exact) mass is 263 g/mol. The molecule has 0 heterocycles. The van der Waals surface area contributed by atoms with Crippen molar-refractivity contribution in [2.24, 2.45) is 0 Å². The van der Waals surface area contributed by atoms with Crippen LogP contribution in [-0.4, -0.2) is 28.8 Å². The molecule has 0 aromatic heterocycles. The van der Waals surface area contributed by atoms with Crippen LogP contribution in [0.4, 0.5) is 0 Å². The Kier molecular flexibility index (Phi) is 5.73. The molecule has 0 unspecified atom stereocenters. The topological polar surface area (TPSA) is 83.5 Å². The third kappa shape index (κ3) is 5.33. The van der Waals surface area contributed by atoms with E-state index in [0.717, 1.165) is 0 Å². The van der Waals surface area contributed by atoms with Gasteiger partial charge in [-0.25, -0.2) is 0 Å². The van der Waals surface area contributed by atoms with Gasteiger partial charge in [-0.15, -0.1) is 0 Å². The Labute approximate surface area is 111 Å². The number of ketones is 1. The van der Waals surface area contributed by atoms with Crippen molar-refractivity contribution in [1.29, 1.82) is 0 Å². The zero-order valence-electron chi connectivity index (χ0n) is 10.8. The van der Waals surface area contributed by atoms with Crippen molar-refractivity contribution in [3.05, 3.63) is 35.9 Å². The number of amides is 1. The van der Waals surface area contributed by atoms with Crippen LogP contribution >= 0.6 is 0 Å². The Balaban J connectivity index is 2.29. The van der Waals surface area contributed by atoms with Gasteiger partial charge in [0.05, 0.1) is 0 Å². The maximum atomic E-state index is 11.7. The molecule has 1 aromatic rings. The normalized spacial score (nSPS) is 11.6. The molecule has 0 saturated carbocycles. The summed E-state index contributed by atoms with van der Waals surface area (Å²) < 4.78 is 0. The average Bonchev–Trinajstić information content (AvgIpc) is 2.39. The predicted molar refractivity (Wildman–Crippen MR) is 69.9 cm³/mol. The number of Topliss-reactive ketones (excluding diaryl/α,β-unsaturated/α-hetero) is 1. The van der Waals surface area contributed by atoms with E-state index in [1.54, 1.807) is 24.3 Å². The number of hydrogen-bond donors (Lipinski definition) is 2. The summed E-state index contributed by atoms with van der Waals surface area (Å²) in [6.07, 6.45) is 0.834. The second kappa shape index (κ2) is 7.31. The molecule has 0 bridgehead atoms. The molecule has 1 rings (SSSR count). The fraction of sp³-hybridized carbons (Fsp3) is 0.357. The number of carboxylic acids is 1. The molecule has 0 radical (unpaired) electrons. The molecule has 1 aromatic carbocycles. The van der Waals surface area contributed by atoms with E-state index in [1.165, 1.54) is 6.92 Å². The highest BCUT2D eigenvalue weighted by Crippen LogP contribution is 2.06. The van der Waals surface area contributed by atoms with Gasteiger partial charge in [-0.05, 0) is 13.3 Å². The molecule has 5 heteroatoms. The van der Waals surface area contributed by atoms with Gasteiger partial charge in [-0.3, -0.25) is 14.4 Å². The lowest BCUT2D eigenvalue weighted by Gasteiger charge is -2.08. The van der Waals surface area contributed by atoms with Crippen LogP contribution in [0.2, 0.25) is 0 Å². The molecular formula is C14H17NO4. The number of hydrogen-bond acceptors (Lipinski definition) is 3. The van der Waals surface area contributed by atoms with Crippen molar-refractivity contribution in [2.75, 3.05) is 0 Å². The highest BCUT2D eigenvalue weighted by Gasteiger charge is 2.14. The van der Waals surface area contributed by atoms with E-state index in [-0.39, 0.29) is 24.5 Å². The Morgan fingerprint density at radius 3 is 2.37 bits per heavy atom. The Bertz CT molecular complexity index is 456. The molecule has 0 fully saturated rings. The van der Waals surface area contributed by atoms with Gasteiger partial charge in [-0.2, -0.15) is 0 Å². The molecule has 102 valence electrons. The summed E-state index contributed by atoms with van der Waals surface area (Å²) >= 11 is 0. The smallest absolute Gasteiger partial charge is 0.325 e. The largest absolute Gasteiger partial charge is 0.480 e. The minimum Gasteiger partial charge on any atom is -0.480 e. The lowest BCUT2D eigenvalue weighted by atomic mass is 10.1. The number of rotatable bonds is 7. The van der Waals surface area contributed by atoms with Crippen LogP contribution < -0.4 is 5.32 Å². The quantitative estimate of drug-likeness (QED) is 0.732. The van der Waals surface area contributed by atoms with E-state index < -0.39 is 12.0 Å². The van der Waals surface area contributed by atoms with Crippen LogP contribution in [0, 0.1) is 0 Å². The predicted octanol–water partition coefficient (Wildman–Crippen LogP) is 1.63. The Morgan fingerprint density at radius 1 is 1.16 bits per heavy atom. The van der Waals surface area contributed by atoms with Crippen LogP contribution in [0.1, 0.15) is 36.5 Å². The zero-order valence-corrected chi connectivity index (χ0v) is 10.8.